The van der Waals surface area contributed by atoms with Gasteiger partial charge in [-0.25, -0.2) is 9.78 Å². The molecule has 2 aromatic heterocycles. The second-order valence-electron chi connectivity index (χ2n) is 3.74. The number of aromatic carboxylic acids is 1. The summed E-state index contributed by atoms with van der Waals surface area (Å²) >= 11 is 0. The Morgan fingerprint density at radius 1 is 1.59 bits per heavy atom. The van der Waals surface area contributed by atoms with Crippen LogP contribution in [0.25, 0.3) is 11.6 Å². The second-order valence-corrected chi connectivity index (χ2v) is 3.74. The molecule has 0 saturated carbocycles. The van der Waals surface area contributed by atoms with Crippen LogP contribution in [-0.2, 0) is 13.5 Å². The molecule has 2 rings (SSSR count). The summed E-state index contributed by atoms with van der Waals surface area (Å²) in [6, 6.07) is 1.84. The molecular weight excluding hydrogens is 222 g/mol. The number of carboxylic acids is 1. The number of rotatable bonds is 3. The highest BCUT2D eigenvalue weighted by Gasteiger charge is 2.19. The van der Waals surface area contributed by atoms with E-state index >= 15 is 0 Å². The number of aromatic nitrogens is 3. The van der Waals surface area contributed by atoms with Gasteiger partial charge in [0, 0.05) is 7.05 Å². The maximum atomic E-state index is 10.9. The molecule has 17 heavy (non-hydrogen) atoms. The number of carboxylic acid groups (broad SMARTS) is 1. The van der Waals surface area contributed by atoms with Crippen LogP contribution in [0, 0.1) is 6.92 Å². The Hall–Kier alpha value is -2.11. The zero-order chi connectivity index (χ0) is 12.6. The summed E-state index contributed by atoms with van der Waals surface area (Å²) < 4.78 is 6.86. The van der Waals surface area contributed by atoms with Gasteiger partial charge >= 0.3 is 5.97 Å². The van der Waals surface area contributed by atoms with Gasteiger partial charge in [0.25, 0.3) is 0 Å². The third-order valence-electron chi connectivity index (χ3n) is 2.50. The van der Waals surface area contributed by atoms with Crippen molar-refractivity contribution in [1.29, 1.82) is 0 Å². The molecule has 0 radical (unpaired) electrons. The van der Waals surface area contributed by atoms with Gasteiger partial charge in [0.15, 0.2) is 0 Å². The molecule has 6 nitrogen and oxygen atoms in total. The SMILES string of the molecule is CCc1cc(-c2nc(C)c(C(=O)O)o2)n(C)n1. The van der Waals surface area contributed by atoms with Crippen molar-refractivity contribution in [2.24, 2.45) is 7.05 Å². The molecule has 0 aliphatic rings. The highest BCUT2D eigenvalue weighted by atomic mass is 16.4. The Morgan fingerprint density at radius 2 is 2.29 bits per heavy atom. The van der Waals surface area contributed by atoms with Crippen LogP contribution in [0.1, 0.15) is 28.9 Å². The molecule has 2 heterocycles. The number of nitrogens with zero attached hydrogens (tertiary/aromatic N) is 3. The Balaban J connectivity index is 2.49. The first kappa shape index (κ1) is 11.4. The number of oxazole rings is 1. The summed E-state index contributed by atoms with van der Waals surface area (Å²) in [4.78, 5) is 15.0. The zero-order valence-electron chi connectivity index (χ0n) is 9.89. The van der Waals surface area contributed by atoms with E-state index in [-0.39, 0.29) is 11.7 Å². The van der Waals surface area contributed by atoms with Gasteiger partial charge in [-0.3, -0.25) is 4.68 Å². The first-order valence-electron chi connectivity index (χ1n) is 5.27. The predicted molar refractivity (Wildman–Crippen MR) is 59.8 cm³/mol. The predicted octanol–water partition coefficient (Wildman–Crippen LogP) is 1.64. The minimum Gasteiger partial charge on any atom is -0.475 e. The number of hydrogen-bond donors (Lipinski definition) is 1. The van der Waals surface area contributed by atoms with Crippen LogP contribution >= 0.6 is 0 Å². The van der Waals surface area contributed by atoms with Gasteiger partial charge < -0.3 is 9.52 Å². The summed E-state index contributed by atoms with van der Waals surface area (Å²) in [6.45, 7) is 3.60. The fraction of sp³-hybridized carbons (Fsp3) is 0.364. The van der Waals surface area contributed by atoms with Crippen molar-refractivity contribution in [3.8, 4) is 11.6 Å². The molecule has 0 amide bonds. The molecule has 0 unspecified atom stereocenters. The summed E-state index contributed by atoms with van der Waals surface area (Å²) in [7, 11) is 1.77. The van der Waals surface area contributed by atoms with Crippen molar-refractivity contribution in [2.45, 2.75) is 20.3 Å². The van der Waals surface area contributed by atoms with Crippen molar-refractivity contribution in [3.05, 3.63) is 23.2 Å². The number of aryl methyl sites for hydroxylation is 3. The highest BCUT2D eigenvalue weighted by molar-refractivity contribution is 5.86. The lowest BCUT2D eigenvalue weighted by molar-refractivity contribution is 0.0662. The average molecular weight is 235 g/mol. The average Bonchev–Trinajstić information content (AvgIpc) is 2.81. The molecule has 2 aromatic rings. The molecule has 0 atom stereocenters. The van der Waals surface area contributed by atoms with Gasteiger partial charge in [0.1, 0.15) is 5.69 Å². The van der Waals surface area contributed by atoms with Gasteiger partial charge in [0.05, 0.1) is 11.4 Å². The first-order valence-corrected chi connectivity index (χ1v) is 5.27. The van der Waals surface area contributed by atoms with Crippen molar-refractivity contribution < 1.29 is 14.3 Å². The van der Waals surface area contributed by atoms with E-state index in [9.17, 15) is 4.79 Å². The third kappa shape index (κ3) is 1.93. The lowest BCUT2D eigenvalue weighted by Gasteiger charge is -1.94. The summed E-state index contributed by atoms with van der Waals surface area (Å²) in [5.74, 6) is -0.951. The van der Waals surface area contributed by atoms with Crippen LogP contribution in [0.2, 0.25) is 0 Å². The normalized spacial score (nSPS) is 10.8. The Morgan fingerprint density at radius 3 is 2.76 bits per heavy atom. The van der Waals surface area contributed by atoms with Crippen molar-refractivity contribution >= 4 is 5.97 Å². The van der Waals surface area contributed by atoms with Crippen LogP contribution < -0.4 is 0 Å². The first-order chi connectivity index (χ1) is 8.02. The van der Waals surface area contributed by atoms with E-state index in [0.29, 0.717) is 11.4 Å². The van der Waals surface area contributed by atoms with E-state index in [2.05, 4.69) is 10.1 Å². The quantitative estimate of drug-likeness (QED) is 0.874. The smallest absolute Gasteiger partial charge is 0.373 e. The molecule has 90 valence electrons. The molecule has 0 saturated heterocycles. The van der Waals surface area contributed by atoms with Crippen LogP contribution in [-0.4, -0.2) is 25.8 Å². The molecule has 0 aliphatic carbocycles. The van der Waals surface area contributed by atoms with Gasteiger partial charge in [-0.15, -0.1) is 0 Å². The lowest BCUT2D eigenvalue weighted by atomic mass is 10.3. The van der Waals surface area contributed by atoms with E-state index < -0.39 is 5.97 Å². The zero-order valence-corrected chi connectivity index (χ0v) is 9.89. The molecule has 0 bridgehead atoms. The van der Waals surface area contributed by atoms with Crippen LogP contribution in [0.5, 0.6) is 0 Å². The third-order valence-corrected chi connectivity index (χ3v) is 2.50. The maximum Gasteiger partial charge on any atom is 0.373 e. The minimum atomic E-state index is -1.11. The van der Waals surface area contributed by atoms with E-state index in [1.807, 2.05) is 13.0 Å². The van der Waals surface area contributed by atoms with E-state index in [1.54, 1.807) is 18.7 Å². The molecule has 0 aliphatic heterocycles. The fourth-order valence-electron chi connectivity index (χ4n) is 1.60. The lowest BCUT2D eigenvalue weighted by Crippen LogP contribution is -1.95. The van der Waals surface area contributed by atoms with E-state index in [1.165, 1.54) is 0 Å². The molecule has 0 aromatic carbocycles. The number of carbonyl (C=O) groups is 1. The Kier molecular flexibility index (Phi) is 2.71. The van der Waals surface area contributed by atoms with Gasteiger partial charge in [-0.1, -0.05) is 6.92 Å². The number of hydrogen-bond acceptors (Lipinski definition) is 4. The summed E-state index contributed by atoms with van der Waals surface area (Å²) in [6.07, 6.45) is 0.805. The van der Waals surface area contributed by atoms with Gasteiger partial charge in [-0.05, 0) is 19.4 Å². The van der Waals surface area contributed by atoms with E-state index in [0.717, 1.165) is 12.1 Å². The van der Waals surface area contributed by atoms with Crippen molar-refractivity contribution in [3.63, 3.8) is 0 Å². The topological polar surface area (TPSA) is 81.1 Å². The summed E-state index contributed by atoms with van der Waals surface area (Å²) in [5, 5.41) is 13.1. The highest BCUT2D eigenvalue weighted by Crippen LogP contribution is 2.22. The van der Waals surface area contributed by atoms with Crippen molar-refractivity contribution in [2.75, 3.05) is 0 Å². The molecule has 6 heteroatoms. The molecule has 1 N–H and O–H groups in total. The Bertz CT molecular complexity index is 569. The fourth-order valence-corrected chi connectivity index (χ4v) is 1.60. The Labute approximate surface area is 97.9 Å². The largest absolute Gasteiger partial charge is 0.475 e. The van der Waals surface area contributed by atoms with Crippen LogP contribution in [0.15, 0.2) is 10.5 Å². The standard InChI is InChI=1S/C11H13N3O3/c1-4-7-5-8(14(3)13-7)10-12-6(2)9(17-10)11(15)16/h5H,4H2,1-3H3,(H,15,16). The van der Waals surface area contributed by atoms with Crippen molar-refractivity contribution in [1.82, 2.24) is 14.8 Å². The maximum absolute atomic E-state index is 10.9. The molecule has 0 spiro atoms. The minimum absolute atomic E-state index is 0.126. The van der Waals surface area contributed by atoms with Crippen LogP contribution in [0.3, 0.4) is 0 Å². The molecular formula is C11H13N3O3. The van der Waals surface area contributed by atoms with Gasteiger partial charge in [0.2, 0.25) is 11.7 Å². The van der Waals surface area contributed by atoms with Crippen LogP contribution in [0.4, 0.5) is 0 Å². The molecule has 0 fully saturated rings. The monoisotopic (exact) mass is 235 g/mol. The summed E-state index contributed by atoms with van der Waals surface area (Å²) in [5.41, 5.74) is 1.96. The second kappa shape index (κ2) is 4.04. The van der Waals surface area contributed by atoms with Gasteiger partial charge in [-0.2, -0.15) is 5.10 Å². The van der Waals surface area contributed by atoms with E-state index in [4.69, 9.17) is 9.52 Å².